The molecule has 1 saturated carbocycles. The fourth-order valence-electron chi connectivity index (χ4n) is 2.41. The molecule has 0 heterocycles. The van der Waals surface area contributed by atoms with Crippen LogP contribution in [0.4, 0.5) is 5.69 Å². The fraction of sp³-hybridized carbons (Fsp3) is 0.571. The van der Waals surface area contributed by atoms with Gasteiger partial charge in [-0.05, 0) is 62.3 Å². The highest BCUT2D eigenvalue weighted by Gasteiger charge is 2.18. The maximum Gasteiger partial charge on any atom is 0.0410 e. The summed E-state index contributed by atoms with van der Waals surface area (Å²) in [5.41, 5.74) is 2.48. The number of hydrogen-bond acceptors (Lipinski definition) is 1. The quantitative estimate of drug-likeness (QED) is 0.790. The average molecular weight is 238 g/mol. The van der Waals surface area contributed by atoms with Crippen LogP contribution in [0.1, 0.15) is 38.2 Å². The Morgan fingerprint density at radius 1 is 1.19 bits per heavy atom. The first-order chi connectivity index (χ1) is 7.65. The van der Waals surface area contributed by atoms with Gasteiger partial charge in [-0.1, -0.05) is 18.5 Å². The Bertz CT molecular complexity index is 354. The molecule has 1 aliphatic carbocycles. The second kappa shape index (κ2) is 5.09. The maximum atomic E-state index is 5.95. The minimum Gasteiger partial charge on any atom is -0.382 e. The van der Waals surface area contributed by atoms with Gasteiger partial charge in [0.05, 0.1) is 0 Å². The predicted octanol–water partition coefficient (Wildman–Crippen LogP) is 4.64. The van der Waals surface area contributed by atoms with Crippen molar-refractivity contribution in [2.75, 3.05) is 5.32 Å². The monoisotopic (exact) mass is 237 g/mol. The van der Waals surface area contributed by atoms with E-state index < -0.39 is 0 Å². The van der Waals surface area contributed by atoms with E-state index in [4.69, 9.17) is 11.6 Å². The Hall–Kier alpha value is -0.690. The van der Waals surface area contributed by atoms with Crippen molar-refractivity contribution in [3.63, 3.8) is 0 Å². The molecule has 2 heteroatoms. The van der Waals surface area contributed by atoms with Crippen LogP contribution in [-0.2, 0) is 0 Å². The van der Waals surface area contributed by atoms with Crippen molar-refractivity contribution in [3.05, 3.63) is 28.8 Å². The maximum absolute atomic E-state index is 5.95. The van der Waals surface area contributed by atoms with E-state index in [0.717, 1.165) is 10.9 Å². The van der Waals surface area contributed by atoms with Crippen LogP contribution >= 0.6 is 11.6 Å². The van der Waals surface area contributed by atoms with E-state index in [1.165, 1.54) is 36.9 Å². The summed E-state index contributed by atoms with van der Waals surface area (Å²) >= 11 is 5.95. The molecule has 0 saturated heterocycles. The van der Waals surface area contributed by atoms with Crippen molar-refractivity contribution >= 4 is 17.3 Å². The molecule has 2 rings (SSSR count). The highest BCUT2D eigenvalue weighted by atomic mass is 35.5. The molecule has 0 aromatic heterocycles. The first-order valence-electron chi connectivity index (χ1n) is 6.18. The summed E-state index contributed by atoms with van der Waals surface area (Å²) in [5.74, 6) is 0.907. The smallest absolute Gasteiger partial charge is 0.0410 e. The zero-order chi connectivity index (χ0) is 11.5. The van der Waals surface area contributed by atoms with Crippen LogP contribution in [0.5, 0.6) is 0 Å². The van der Waals surface area contributed by atoms with Gasteiger partial charge in [-0.25, -0.2) is 0 Å². The van der Waals surface area contributed by atoms with Crippen molar-refractivity contribution in [2.45, 2.75) is 45.6 Å². The van der Waals surface area contributed by atoms with Gasteiger partial charge in [0.25, 0.3) is 0 Å². The molecule has 0 bridgehead atoms. The van der Waals surface area contributed by atoms with E-state index in [1.807, 2.05) is 12.1 Å². The second-order valence-electron chi connectivity index (χ2n) is 5.06. The topological polar surface area (TPSA) is 12.0 Å². The summed E-state index contributed by atoms with van der Waals surface area (Å²) in [6.07, 6.45) is 5.29. The molecule has 88 valence electrons. The van der Waals surface area contributed by atoms with E-state index in [-0.39, 0.29) is 0 Å². The molecule has 0 amide bonds. The van der Waals surface area contributed by atoms with Gasteiger partial charge < -0.3 is 5.32 Å². The van der Waals surface area contributed by atoms with Gasteiger partial charge in [0, 0.05) is 16.8 Å². The highest BCUT2D eigenvalue weighted by Crippen LogP contribution is 2.27. The first kappa shape index (κ1) is 11.8. The summed E-state index contributed by atoms with van der Waals surface area (Å²) < 4.78 is 0. The molecular formula is C14H20ClN. The first-order valence-corrected chi connectivity index (χ1v) is 6.55. The molecular weight excluding hydrogens is 218 g/mol. The summed E-state index contributed by atoms with van der Waals surface area (Å²) in [7, 11) is 0. The van der Waals surface area contributed by atoms with Crippen molar-refractivity contribution in [2.24, 2.45) is 5.92 Å². The molecule has 1 fully saturated rings. The summed E-state index contributed by atoms with van der Waals surface area (Å²) in [4.78, 5) is 0. The SMILES string of the molecule is Cc1cc(Cl)ccc1NC1CCC(C)CC1. The van der Waals surface area contributed by atoms with Crippen LogP contribution in [0, 0.1) is 12.8 Å². The van der Waals surface area contributed by atoms with Crippen LogP contribution in [0.15, 0.2) is 18.2 Å². The van der Waals surface area contributed by atoms with Crippen LogP contribution in [0.3, 0.4) is 0 Å². The largest absolute Gasteiger partial charge is 0.382 e. The molecule has 0 spiro atoms. The lowest BCUT2D eigenvalue weighted by molar-refractivity contribution is 0.361. The van der Waals surface area contributed by atoms with Crippen molar-refractivity contribution in [1.82, 2.24) is 0 Å². The molecule has 1 aliphatic rings. The minimum atomic E-state index is 0.649. The number of nitrogens with one attached hydrogen (secondary N) is 1. The number of aryl methyl sites for hydroxylation is 1. The van der Waals surface area contributed by atoms with Gasteiger partial charge in [-0.3, -0.25) is 0 Å². The molecule has 0 unspecified atom stereocenters. The van der Waals surface area contributed by atoms with Crippen molar-refractivity contribution in [1.29, 1.82) is 0 Å². The normalized spacial score (nSPS) is 25.4. The number of anilines is 1. The van der Waals surface area contributed by atoms with E-state index in [0.29, 0.717) is 6.04 Å². The molecule has 0 radical (unpaired) electrons. The van der Waals surface area contributed by atoms with Crippen molar-refractivity contribution < 1.29 is 0 Å². The van der Waals surface area contributed by atoms with E-state index in [1.54, 1.807) is 0 Å². The molecule has 1 N–H and O–H groups in total. The number of rotatable bonds is 2. The third-order valence-corrected chi connectivity index (χ3v) is 3.80. The molecule has 1 aromatic carbocycles. The van der Waals surface area contributed by atoms with Crippen LogP contribution in [-0.4, -0.2) is 6.04 Å². The van der Waals surface area contributed by atoms with Gasteiger partial charge in [-0.2, -0.15) is 0 Å². The Balaban J connectivity index is 1.98. The van der Waals surface area contributed by atoms with E-state index in [9.17, 15) is 0 Å². The molecule has 16 heavy (non-hydrogen) atoms. The van der Waals surface area contributed by atoms with E-state index >= 15 is 0 Å². The minimum absolute atomic E-state index is 0.649. The Labute approximate surface area is 103 Å². The summed E-state index contributed by atoms with van der Waals surface area (Å²) in [6, 6.07) is 6.73. The lowest BCUT2D eigenvalue weighted by Gasteiger charge is -2.28. The number of halogens is 1. The van der Waals surface area contributed by atoms with E-state index in [2.05, 4.69) is 25.2 Å². The Morgan fingerprint density at radius 2 is 1.88 bits per heavy atom. The lowest BCUT2D eigenvalue weighted by atomic mass is 9.87. The zero-order valence-electron chi connectivity index (χ0n) is 10.1. The molecule has 1 nitrogen and oxygen atoms in total. The zero-order valence-corrected chi connectivity index (χ0v) is 10.8. The average Bonchev–Trinajstić information content (AvgIpc) is 2.25. The van der Waals surface area contributed by atoms with Gasteiger partial charge in [0.2, 0.25) is 0 Å². The molecule has 0 atom stereocenters. The van der Waals surface area contributed by atoms with Crippen LogP contribution in [0.2, 0.25) is 5.02 Å². The number of hydrogen-bond donors (Lipinski definition) is 1. The highest BCUT2D eigenvalue weighted by molar-refractivity contribution is 6.30. The van der Waals surface area contributed by atoms with Crippen molar-refractivity contribution in [3.8, 4) is 0 Å². The number of benzene rings is 1. The molecule has 0 aliphatic heterocycles. The Kier molecular flexibility index (Phi) is 3.75. The van der Waals surface area contributed by atoms with Gasteiger partial charge >= 0.3 is 0 Å². The third-order valence-electron chi connectivity index (χ3n) is 3.56. The molecule has 1 aromatic rings. The summed E-state index contributed by atoms with van der Waals surface area (Å²) in [6.45, 7) is 4.46. The lowest BCUT2D eigenvalue weighted by Crippen LogP contribution is -2.25. The third kappa shape index (κ3) is 2.91. The standard InChI is InChI=1S/C14H20ClN/c1-10-3-6-13(7-4-10)16-14-8-5-12(15)9-11(14)2/h5,8-10,13,16H,3-4,6-7H2,1-2H3. The Morgan fingerprint density at radius 3 is 2.50 bits per heavy atom. The van der Waals surface area contributed by atoms with Gasteiger partial charge in [0.1, 0.15) is 0 Å². The van der Waals surface area contributed by atoms with Crippen LogP contribution in [0.25, 0.3) is 0 Å². The van der Waals surface area contributed by atoms with Gasteiger partial charge in [-0.15, -0.1) is 0 Å². The van der Waals surface area contributed by atoms with Crippen LogP contribution < -0.4 is 5.32 Å². The predicted molar refractivity (Wildman–Crippen MR) is 71.2 cm³/mol. The van der Waals surface area contributed by atoms with Gasteiger partial charge in [0.15, 0.2) is 0 Å². The fourth-order valence-corrected chi connectivity index (χ4v) is 2.64. The second-order valence-corrected chi connectivity index (χ2v) is 5.50. The summed E-state index contributed by atoms with van der Waals surface area (Å²) in [5, 5.41) is 4.46.